The number of fused-ring (bicyclic) bond motifs is 1. The lowest BCUT2D eigenvalue weighted by atomic mass is 10.0. The zero-order valence-corrected chi connectivity index (χ0v) is 9.55. The Kier molecular flexibility index (Phi) is 3.11. The van der Waals surface area contributed by atoms with Gasteiger partial charge in [-0.15, -0.1) is 0 Å². The van der Waals surface area contributed by atoms with Crippen LogP contribution in [0.1, 0.15) is 22.8 Å². The van der Waals surface area contributed by atoms with Crippen molar-refractivity contribution < 1.29 is 15.0 Å². The smallest absolute Gasteiger partial charge is 0.335 e. The molecule has 0 fully saturated rings. The number of aliphatic hydroxyl groups excluding tert-OH is 1. The van der Waals surface area contributed by atoms with E-state index in [0.29, 0.717) is 12.0 Å². The van der Waals surface area contributed by atoms with Gasteiger partial charge in [-0.3, -0.25) is 0 Å². The van der Waals surface area contributed by atoms with Crippen LogP contribution in [0.5, 0.6) is 0 Å². The maximum absolute atomic E-state index is 10.8. The first-order chi connectivity index (χ1) is 8.06. The summed E-state index contributed by atoms with van der Waals surface area (Å²) in [4.78, 5) is 10.8. The summed E-state index contributed by atoms with van der Waals surface area (Å²) >= 11 is 0. The Morgan fingerprint density at radius 2 is 1.82 bits per heavy atom. The SMILES string of the molecule is CC(O)Cc1ccc2cc(C(=O)O)ccc2c1. The Morgan fingerprint density at radius 1 is 1.18 bits per heavy atom. The molecule has 0 bridgehead atoms. The Balaban J connectivity index is 2.43. The van der Waals surface area contributed by atoms with Crippen LogP contribution < -0.4 is 0 Å². The molecule has 0 spiro atoms. The molecule has 2 N–H and O–H groups in total. The number of carboxylic acid groups (broad SMARTS) is 1. The number of aromatic carboxylic acids is 1. The minimum Gasteiger partial charge on any atom is -0.478 e. The van der Waals surface area contributed by atoms with Gasteiger partial charge in [-0.2, -0.15) is 0 Å². The van der Waals surface area contributed by atoms with Gasteiger partial charge in [0.25, 0.3) is 0 Å². The van der Waals surface area contributed by atoms with Gasteiger partial charge in [0, 0.05) is 0 Å². The average molecular weight is 230 g/mol. The third-order valence-electron chi connectivity index (χ3n) is 2.68. The van der Waals surface area contributed by atoms with Crippen LogP contribution in [0, 0.1) is 0 Å². The van der Waals surface area contributed by atoms with Crippen LogP contribution in [0.2, 0.25) is 0 Å². The molecule has 2 rings (SSSR count). The summed E-state index contributed by atoms with van der Waals surface area (Å²) in [7, 11) is 0. The Hall–Kier alpha value is -1.87. The van der Waals surface area contributed by atoms with Crippen molar-refractivity contribution >= 4 is 16.7 Å². The van der Waals surface area contributed by atoms with Crippen molar-refractivity contribution in [1.29, 1.82) is 0 Å². The van der Waals surface area contributed by atoms with Gasteiger partial charge in [0.15, 0.2) is 0 Å². The van der Waals surface area contributed by atoms with E-state index in [9.17, 15) is 9.90 Å². The first-order valence-corrected chi connectivity index (χ1v) is 5.50. The zero-order chi connectivity index (χ0) is 12.4. The Morgan fingerprint density at radius 3 is 2.47 bits per heavy atom. The van der Waals surface area contributed by atoms with E-state index < -0.39 is 5.97 Å². The first-order valence-electron chi connectivity index (χ1n) is 5.50. The third kappa shape index (κ3) is 2.63. The summed E-state index contributed by atoms with van der Waals surface area (Å²) in [5.74, 6) is -0.917. The van der Waals surface area contributed by atoms with Gasteiger partial charge in [-0.1, -0.05) is 24.3 Å². The van der Waals surface area contributed by atoms with Gasteiger partial charge in [0.1, 0.15) is 0 Å². The second-order valence-corrected chi connectivity index (χ2v) is 4.25. The molecule has 0 aliphatic carbocycles. The molecule has 0 saturated carbocycles. The standard InChI is InChI=1S/C14H14O3/c1-9(15)6-10-2-3-12-8-13(14(16)17)5-4-11(12)7-10/h2-5,7-9,15H,6H2,1H3,(H,16,17). The molecule has 88 valence electrons. The normalized spacial score (nSPS) is 12.6. The molecule has 3 nitrogen and oxygen atoms in total. The van der Waals surface area contributed by atoms with Gasteiger partial charge in [-0.05, 0) is 41.8 Å². The summed E-state index contributed by atoms with van der Waals surface area (Å²) in [5, 5.41) is 20.1. The van der Waals surface area contributed by atoms with Crippen LogP contribution in [-0.2, 0) is 6.42 Å². The fourth-order valence-corrected chi connectivity index (χ4v) is 1.90. The summed E-state index contributed by atoms with van der Waals surface area (Å²) in [6.07, 6.45) is 0.238. The number of hydrogen-bond donors (Lipinski definition) is 2. The van der Waals surface area contributed by atoms with Gasteiger partial charge in [0.05, 0.1) is 11.7 Å². The monoisotopic (exact) mass is 230 g/mol. The van der Waals surface area contributed by atoms with Crippen molar-refractivity contribution in [3.8, 4) is 0 Å². The third-order valence-corrected chi connectivity index (χ3v) is 2.68. The van der Waals surface area contributed by atoms with E-state index in [4.69, 9.17) is 5.11 Å². The zero-order valence-electron chi connectivity index (χ0n) is 9.55. The summed E-state index contributed by atoms with van der Waals surface area (Å²) in [6.45, 7) is 1.75. The van der Waals surface area contributed by atoms with Crippen molar-refractivity contribution in [2.75, 3.05) is 0 Å². The van der Waals surface area contributed by atoms with Gasteiger partial charge in [0.2, 0.25) is 0 Å². The summed E-state index contributed by atoms with van der Waals surface area (Å²) in [6, 6.07) is 10.8. The summed E-state index contributed by atoms with van der Waals surface area (Å²) in [5.41, 5.74) is 1.34. The Bertz CT molecular complexity index is 558. The number of hydrogen-bond acceptors (Lipinski definition) is 2. The second-order valence-electron chi connectivity index (χ2n) is 4.25. The molecule has 2 aromatic carbocycles. The maximum Gasteiger partial charge on any atom is 0.335 e. The summed E-state index contributed by atoms with van der Waals surface area (Å²) < 4.78 is 0. The molecule has 0 heterocycles. The second kappa shape index (κ2) is 4.55. The van der Waals surface area contributed by atoms with Crippen LogP contribution >= 0.6 is 0 Å². The quantitative estimate of drug-likeness (QED) is 0.851. The highest BCUT2D eigenvalue weighted by Gasteiger charge is 2.05. The van der Waals surface area contributed by atoms with Crippen LogP contribution in [0.15, 0.2) is 36.4 Å². The van der Waals surface area contributed by atoms with Crippen LogP contribution in [0.3, 0.4) is 0 Å². The lowest BCUT2D eigenvalue weighted by Crippen LogP contribution is -2.03. The van der Waals surface area contributed by atoms with E-state index in [1.807, 2.05) is 18.2 Å². The predicted octanol–water partition coefficient (Wildman–Crippen LogP) is 2.46. The number of benzene rings is 2. The molecule has 1 atom stereocenters. The van der Waals surface area contributed by atoms with E-state index in [2.05, 4.69) is 0 Å². The topological polar surface area (TPSA) is 57.5 Å². The average Bonchev–Trinajstić information content (AvgIpc) is 2.27. The fourth-order valence-electron chi connectivity index (χ4n) is 1.90. The molecule has 2 aromatic rings. The minimum atomic E-state index is -0.917. The van der Waals surface area contributed by atoms with E-state index in [1.54, 1.807) is 25.1 Å². The van der Waals surface area contributed by atoms with E-state index in [0.717, 1.165) is 16.3 Å². The predicted molar refractivity (Wildman–Crippen MR) is 66.3 cm³/mol. The number of carboxylic acids is 1. The number of rotatable bonds is 3. The lowest BCUT2D eigenvalue weighted by Gasteiger charge is -2.06. The van der Waals surface area contributed by atoms with Crippen molar-refractivity contribution in [1.82, 2.24) is 0 Å². The molecule has 17 heavy (non-hydrogen) atoms. The molecular weight excluding hydrogens is 216 g/mol. The molecule has 0 aromatic heterocycles. The Labute approximate surface area is 99.3 Å². The van der Waals surface area contributed by atoms with E-state index in [-0.39, 0.29) is 6.10 Å². The molecule has 0 radical (unpaired) electrons. The van der Waals surface area contributed by atoms with Crippen LogP contribution in [0.25, 0.3) is 10.8 Å². The molecule has 1 unspecified atom stereocenters. The lowest BCUT2D eigenvalue weighted by molar-refractivity contribution is 0.0697. The highest BCUT2D eigenvalue weighted by molar-refractivity contribution is 5.94. The molecule has 0 saturated heterocycles. The minimum absolute atomic E-state index is 0.292. The van der Waals surface area contributed by atoms with Crippen molar-refractivity contribution in [2.24, 2.45) is 0 Å². The van der Waals surface area contributed by atoms with Crippen molar-refractivity contribution in [2.45, 2.75) is 19.4 Å². The molecule has 0 aliphatic heterocycles. The molecule has 0 aliphatic rings. The van der Waals surface area contributed by atoms with Crippen LogP contribution in [-0.4, -0.2) is 22.3 Å². The largest absolute Gasteiger partial charge is 0.478 e. The highest BCUT2D eigenvalue weighted by Crippen LogP contribution is 2.19. The fraction of sp³-hybridized carbons (Fsp3) is 0.214. The number of carbonyl (C=O) groups is 1. The number of aliphatic hydroxyl groups is 1. The molecule has 3 heteroatoms. The van der Waals surface area contributed by atoms with Gasteiger partial charge < -0.3 is 10.2 Å². The van der Waals surface area contributed by atoms with E-state index >= 15 is 0 Å². The highest BCUT2D eigenvalue weighted by atomic mass is 16.4. The maximum atomic E-state index is 10.8. The van der Waals surface area contributed by atoms with Gasteiger partial charge in [-0.25, -0.2) is 4.79 Å². The van der Waals surface area contributed by atoms with E-state index in [1.165, 1.54) is 0 Å². The molecule has 0 amide bonds. The molecular formula is C14H14O3. The van der Waals surface area contributed by atoms with Crippen molar-refractivity contribution in [3.05, 3.63) is 47.5 Å². The van der Waals surface area contributed by atoms with Crippen LogP contribution in [0.4, 0.5) is 0 Å². The first kappa shape index (κ1) is 11.6. The van der Waals surface area contributed by atoms with Gasteiger partial charge >= 0.3 is 5.97 Å². The van der Waals surface area contributed by atoms with Crippen molar-refractivity contribution in [3.63, 3.8) is 0 Å².